The Hall–Kier alpha value is -1.64. The maximum atomic E-state index is 10.0. The Kier molecular flexibility index (Phi) is 5.33. The number of benzene rings is 2. The highest BCUT2D eigenvalue weighted by Gasteiger charge is 2.04. The summed E-state index contributed by atoms with van der Waals surface area (Å²) in [6, 6.07) is 16.8. The fourth-order valence-electron chi connectivity index (χ4n) is 2.24. The third-order valence-corrected chi connectivity index (χ3v) is 3.59. The summed E-state index contributed by atoms with van der Waals surface area (Å²) >= 11 is 0. The molecule has 106 valence electrons. The molecule has 0 bridgehead atoms. The smallest absolute Gasteiger partial charge is 0.0492 e. The van der Waals surface area contributed by atoms with Crippen LogP contribution in [0, 0.1) is 0 Å². The molecule has 0 heterocycles. The summed E-state index contributed by atoms with van der Waals surface area (Å²) in [7, 11) is 0. The van der Waals surface area contributed by atoms with Crippen LogP contribution in [0.4, 0.5) is 0 Å². The molecule has 0 aliphatic rings. The molecule has 0 spiro atoms. The highest BCUT2D eigenvalue weighted by molar-refractivity contribution is 5.24. The first-order valence-corrected chi connectivity index (χ1v) is 7.30. The Bertz CT molecular complexity index is 467. The molecule has 0 aliphatic heterocycles. The lowest BCUT2D eigenvalue weighted by Gasteiger charge is -2.15. The van der Waals surface area contributed by atoms with Gasteiger partial charge in [-0.2, -0.15) is 5.06 Å². The van der Waals surface area contributed by atoms with Crippen LogP contribution in [-0.4, -0.2) is 10.3 Å². The Labute approximate surface area is 121 Å². The van der Waals surface area contributed by atoms with Crippen LogP contribution in [0.3, 0.4) is 0 Å². The van der Waals surface area contributed by atoms with Crippen LogP contribution < -0.4 is 0 Å². The number of hydrogen-bond acceptors (Lipinski definition) is 2. The lowest BCUT2D eigenvalue weighted by Crippen LogP contribution is -2.18. The van der Waals surface area contributed by atoms with Gasteiger partial charge in [0.2, 0.25) is 0 Å². The Balaban J connectivity index is 1.91. The summed E-state index contributed by atoms with van der Waals surface area (Å²) < 4.78 is 0. The van der Waals surface area contributed by atoms with Crippen molar-refractivity contribution in [3.05, 3.63) is 70.8 Å². The van der Waals surface area contributed by atoms with Crippen LogP contribution in [0.15, 0.2) is 48.5 Å². The van der Waals surface area contributed by atoms with Crippen molar-refractivity contribution in [3.8, 4) is 0 Å². The van der Waals surface area contributed by atoms with Gasteiger partial charge in [0.25, 0.3) is 0 Å². The second kappa shape index (κ2) is 7.22. The quantitative estimate of drug-likeness (QED) is 0.794. The van der Waals surface area contributed by atoms with E-state index < -0.39 is 0 Å². The molecule has 0 aromatic heterocycles. The minimum Gasteiger partial charge on any atom is -0.313 e. The van der Waals surface area contributed by atoms with E-state index in [2.05, 4.69) is 62.4 Å². The van der Waals surface area contributed by atoms with Crippen LogP contribution in [0.1, 0.15) is 36.1 Å². The number of rotatable bonds is 6. The van der Waals surface area contributed by atoms with Gasteiger partial charge in [-0.25, -0.2) is 0 Å². The third-order valence-electron chi connectivity index (χ3n) is 3.59. The van der Waals surface area contributed by atoms with E-state index in [9.17, 15) is 5.21 Å². The SMILES string of the molecule is CCc1ccc(CN(O)Cc2ccc(CC)cc2)cc1. The van der Waals surface area contributed by atoms with Crippen LogP contribution in [-0.2, 0) is 25.9 Å². The molecule has 0 aliphatic carbocycles. The second-order valence-electron chi connectivity index (χ2n) is 5.16. The van der Waals surface area contributed by atoms with Gasteiger partial charge in [0.15, 0.2) is 0 Å². The molecule has 0 unspecified atom stereocenters. The van der Waals surface area contributed by atoms with Gasteiger partial charge in [0.05, 0.1) is 0 Å². The summed E-state index contributed by atoms with van der Waals surface area (Å²) in [4.78, 5) is 0. The molecule has 2 nitrogen and oxygen atoms in total. The lowest BCUT2D eigenvalue weighted by atomic mass is 10.1. The van der Waals surface area contributed by atoms with Gasteiger partial charge in [-0.05, 0) is 35.1 Å². The summed E-state index contributed by atoms with van der Waals surface area (Å²) in [6.45, 7) is 5.40. The maximum absolute atomic E-state index is 10.0. The van der Waals surface area contributed by atoms with Gasteiger partial charge >= 0.3 is 0 Å². The average Bonchev–Trinajstić information content (AvgIpc) is 2.49. The topological polar surface area (TPSA) is 23.5 Å². The van der Waals surface area contributed by atoms with Gasteiger partial charge in [-0.15, -0.1) is 0 Å². The number of aryl methyl sites for hydroxylation is 2. The average molecular weight is 269 g/mol. The van der Waals surface area contributed by atoms with E-state index >= 15 is 0 Å². The van der Waals surface area contributed by atoms with Gasteiger partial charge in [-0.3, -0.25) is 0 Å². The summed E-state index contributed by atoms with van der Waals surface area (Å²) in [5.41, 5.74) is 4.92. The monoisotopic (exact) mass is 269 g/mol. The number of hydroxylamine groups is 2. The number of hydrogen-bond donors (Lipinski definition) is 1. The van der Waals surface area contributed by atoms with E-state index in [0.717, 1.165) is 24.0 Å². The van der Waals surface area contributed by atoms with Crippen molar-refractivity contribution in [1.82, 2.24) is 5.06 Å². The Morgan fingerprint density at radius 2 is 0.950 bits per heavy atom. The molecule has 0 radical (unpaired) electrons. The first-order chi connectivity index (χ1) is 9.71. The predicted octanol–water partition coefficient (Wildman–Crippen LogP) is 4.20. The Morgan fingerprint density at radius 3 is 1.25 bits per heavy atom. The molecule has 0 saturated heterocycles. The van der Waals surface area contributed by atoms with Crippen molar-refractivity contribution in [2.24, 2.45) is 0 Å². The molecular weight excluding hydrogens is 246 g/mol. The van der Waals surface area contributed by atoms with E-state index in [4.69, 9.17) is 0 Å². The zero-order valence-corrected chi connectivity index (χ0v) is 12.3. The lowest BCUT2D eigenvalue weighted by molar-refractivity contribution is -0.108. The normalized spacial score (nSPS) is 11.0. The van der Waals surface area contributed by atoms with Crippen molar-refractivity contribution in [3.63, 3.8) is 0 Å². The standard InChI is InChI=1S/C18H23NO/c1-3-15-5-9-17(10-6-15)13-19(20)14-18-11-7-16(4-2)8-12-18/h5-12,20H,3-4,13-14H2,1-2H3. The van der Waals surface area contributed by atoms with Gasteiger partial charge in [0, 0.05) is 13.1 Å². The highest BCUT2D eigenvalue weighted by atomic mass is 16.5. The molecule has 0 saturated carbocycles. The van der Waals surface area contributed by atoms with Crippen LogP contribution in [0.25, 0.3) is 0 Å². The van der Waals surface area contributed by atoms with Crippen LogP contribution >= 0.6 is 0 Å². The van der Waals surface area contributed by atoms with Crippen molar-refractivity contribution in [1.29, 1.82) is 0 Å². The minimum atomic E-state index is 0.555. The predicted molar refractivity (Wildman–Crippen MR) is 82.7 cm³/mol. The largest absolute Gasteiger partial charge is 0.313 e. The summed E-state index contributed by atoms with van der Waals surface area (Å²) in [5, 5.41) is 11.4. The first kappa shape index (κ1) is 14.8. The molecule has 0 atom stereocenters. The fraction of sp³-hybridized carbons (Fsp3) is 0.333. The summed E-state index contributed by atoms with van der Waals surface area (Å²) in [5.74, 6) is 0. The van der Waals surface area contributed by atoms with E-state index in [1.165, 1.54) is 16.2 Å². The highest BCUT2D eigenvalue weighted by Crippen LogP contribution is 2.11. The maximum Gasteiger partial charge on any atom is 0.0492 e. The molecular formula is C18H23NO. The molecule has 20 heavy (non-hydrogen) atoms. The first-order valence-electron chi connectivity index (χ1n) is 7.30. The molecule has 2 aromatic rings. The van der Waals surface area contributed by atoms with Crippen molar-refractivity contribution >= 4 is 0 Å². The van der Waals surface area contributed by atoms with E-state index in [1.807, 2.05) is 0 Å². The van der Waals surface area contributed by atoms with Crippen molar-refractivity contribution < 1.29 is 5.21 Å². The third kappa shape index (κ3) is 4.19. The molecule has 1 N–H and O–H groups in total. The van der Waals surface area contributed by atoms with E-state index in [-0.39, 0.29) is 0 Å². The minimum absolute atomic E-state index is 0.555. The molecule has 0 fully saturated rings. The Morgan fingerprint density at radius 1 is 0.650 bits per heavy atom. The van der Waals surface area contributed by atoms with Crippen LogP contribution in [0.2, 0.25) is 0 Å². The molecule has 2 heteroatoms. The molecule has 2 rings (SSSR count). The molecule has 2 aromatic carbocycles. The number of nitrogens with zero attached hydrogens (tertiary/aromatic N) is 1. The van der Waals surface area contributed by atoms with E-state index in [0.29, 0.717) is 13.1 Å². The van der Waals surface area contributed by atoms with Gasteiger partial charge < -0.3 is 5.21 Å². The van der Waals surface area contributed by atoms with Crippen molar-refractivity contribution in [2.45, 2.75) is 39.8 Å². The van der Waals surface area contributed by atoms with Gasteiger partial charge in [0.1, 0.15) is 0 Å². The zero-order chi connectivity index (χ0) is 14.4. The second-order valence-corrected chi connectivity index (χ2v) is 5.16. The van der Waals surface area contributed by atoms with Crippen molar-refractivity contribution in [2.75, 3.05) is 0 Å². The zero-order valence-electron chi connectivity index (χ0n) is 12.3. The molecule has 0 amide bonds. The van der Waals surface area contributed by atoms with Crippen LogP contribution in [0.5, 0.6) is 0 Å². The van der Waals surface area contributed by atoms with E-state index in [1.54, 1.807) is 0 Å². The van der Waals surface area contributed by atoms with Gasteiger partial charge in [-0.1, -0.05) is 62.4 Å². The fourth-order valence-corrected chi connectivity index (χ4v) is 2.24. The summed E-state index contributed by atoms with van der Waals surface area (Å²) in [6.07, 6.45) is 2.10.